The van der Waals surface area contributed by atoms with Gasteiger partial charge in [0.15, 0.2) is 0 Å². The predicted molar refractivity (Wildman–Crippen MR) is 60.9 cm³/mol. The van der Waals surface area contributed by atoms with E-state index in [2.05, 4.69) is 5.32 Å². The largest absolute Gasteiger partial charge is 0.389 e. The zero-order valence-corrected chi connectivity index (χ0v) is 10.4. The van der Waals surface area contributed by atoms with Crippen molar-refractivity contribution in [3.05, 3.63) is 21.4 Å². The van der Waals surface area contributed by atoms with Gasteiger partial charge < -0.3 is 5.32 Å². The maximum Gasteiger partial charge on any atom is 0.389 e. The second-order valence-electron chi connectivity index (χ2n) is 3.86. The highest BCUT2D eigenvalue weighted by Gasteiger charge is 2.28. The summed E-state index contributed by atoms with van der Waals surface area (Å²) in [5.41, 5.74) is 0.995. The first-order valence-corrected chi connectivity index (χ1v) is 5.96. The Morgan fingerprint density at radius 1 is 1.38 bits per heavy atom. The van der Waals surface area contributed by atoms with Crippen LogP contribution >= 0.6 is 11.3 Å². The van der Waals surface area contributed by atoms with Gasteiger partial charge in [0.1, 0.15) is 0 Å². The second kappa shape index (κ2) is 5.19. The van der Waals surface area contributed by atoms with Crippen LogP contribution in [-0.2, 0) is 0 Å². The molecular weight excluding hydrogens is 235 g/mol. The molecule has 1 heterocycles. The smallest absolute Gasteiger partial charge is 0.313 e. The molecule has 0 bridgehead atoms. The van der Waals surface area contributed by atoms with Crippen molar-refractivity contribution < 1.29 is 13.2 Å². The van der Waals surface area contributed by atoms with Gasteiger partial charge in [-0.05, 0) is 38.9 Å². The molecule has 1 N–H and O–H groups in total. The Labute approximate surface area is 97.7 Å². The Morgan fingerprint density at radius 2 is 2.00 bits per heavy atom. The van der Waals surface area contributed by atoms with Gasteiger partial charge in [-0.2, -0.15) is 13.2 Å². The molecule has 0 aliphatic carbocycles. The van der Waals surface area contributed by atoms with Crippen LogP contribution in [0.25, 0.3) is 0 Å². The van der Waals surface area contributed by atoms with Crippen LogP contribution in [0.4, 0.5) is 13.2 Å². The lowest BCUT2D eigenvalue weighted by Gasteiger charge is -2.17. The van der Waals surface area contributed by atoms with Crippen LogP contribution in [0.2, 0.25) is 0 Å². The fourth-order valence-electron chi connectivity index (χ4n) is 1.76. The van der Waals surface area contributed by atoms with Gasteiger partial charge in [-0.1, -0.05) is 0 Å². The summed E-state index contributed by atoms with van der Waals surface area (Å²) in [6, 6.07) is 1.77. The topological polar surface area (TPSA) is 12.0 Å². The van der Waals surface area contributed by atoms with Crippen molar-refractivity contribution in [2.75, 3.05) is 7.05 Å². The van der Waals surface area contributed by atoms with Crippen LogP contribution in [0.15, 0.2) is 6.07 Å². The molecule has 0 aromatic carbocycles. The maximum atomic E-state index is 12.1. The predicted octanol–water partition coefficient (Wildman–Crippen LogP) is 3.97. The molecule has 1 nitrogen and oxygen atoms in total. The van der Waals surface area contributed by atoms with Crippen molar-refractivity contribution >= 4 is 11.3 Å². The Hall–Kier alpha value is -0.550. The zero-order chi connectivity index (χ0) is 12.3. The molecule has 1 rings (SSSR count). The SMILES string of the molecule is CNC(CCC(F)(F)F)c1cc(C)sc1C. The summed E-state index contributed by atoms with van der Waals surface area (Å²) >= 11 is 1.63. The number of aryl methyl sites for hydroxylation is 2. The van der Waals surface area contributed by atoms with Crippen molar-refractivity contribution in [3.8, 4) is 0 Å². The number of thiophene rings is 1. The minimum Gasteiger partial charge on any atom is -0.313 e. The van der Waals surface area contributed by atoms with Crippen molar-refractivity contribution in [2.24, 2.45) is 0 Å². The normalized spacial score (nSPS) is 14.1. The van der Waals surface area contributed by atoms with E-state index in [1.165, 1.54) is 0 Å². The highest BCUT2D eigenvalue weighted by Crippen LogP contribution is 2.32. The van der Waals surface area contributed by atoms with Gasteiger partial charge in [0.25, 0.3) is 0 Å². The van der Waals surface area contributed by atoms with E-state index in [0.717, 1.165) is 15.3 Å². The van der Waals surface area contributed by atoms with E-state index >= 15 is 0 Å². The van der Waals surface area contributed by atoms with Crippen LogP contribution in [0.3, 0.4) is 0 Å². The molecule has 92 valence electrons. The number of hydrogen-bond acceptors (Lipinski definition) is 2. The van der Waals surface area contributed by atoms with Crippen molar-refractivity contribution in [2.45, 2.75) is 38.9 Å². The third kappa shape index (κ3) is 3.79. The van der Waals surface area contributed by atoms with Crippen molar-refractivity contribution in [1.82, 2.24) is 5.32 Å². The molecule has 0 saturated heterocycles. The number of halogens is 3. The summed E-state index contributed by atoms with van der Waals surface area (Å²) in [6.45, 7) is 3.92. The van der Waals surface area contributed by atoms with Crippen LogP contribution < -0.4 is 5.32 Å². The third-order valence-electron chi connectivity index (χ3n) is 2.52. The number of alkyl halides is 3. The van der Waals surface area contributed by atoms with E-state index in [1.54, 1.807) is 18.4 Å². The Bertz CT molecular complexity index is 343. The number of rotatable bonds is 4. The van der Waals surface area contributed by atoms with Crippen LogP contribution in [-0.4, -0.2) is 13.2 Å². The lowest BCUT2D eigenvalue weighted by atomic mass is 10.0. The standard InChI is InChI=1S/C11H16F3NS/c1-7-6-9(8(2)16-7)10(15-3)4-5-11(12,13)14/h6,10,15H,4-5H2,1-3H3. The molecule has 0 saturated carbocycles. The first-order chi connectivity index (χ1) is 7.33. The molecule has 0 spiro atoms. The summed E-state index contributed by atoms with van der Waals surface area (Å²) in [5.74, 6) is 0. The third-order valence-corrected chi connectivity index (χ3v) is 3.50. The molecule has 0 fully saturated rings. The first kappa shape index (κ1) is 13.5. The van der Waals surface area contributed by atoms with Gasteiger partial charge in [0.2, 0.25) is 0 Å². The highest BCUT2D eigenvalue weighted by atomic mass is 32.1. The van der Waals surface area contributed by atoms with Gasteiger partial charge in [0.05, 0.1) is 0 Å². The summed E-state index contributed by atoms with van der Waals surface area (Å²) < 4.78 is 36.4. The molecule has 0 aliphatic rings. The maximum absolute atomic E-state index is 12.1. The van der Waals surface area contributed by atoms with E-state index in [0.29, 0.717) is 0 Å². The van der Waals surface area contributed by atoms with E-state index in [4.69, 9.17) is 0 Å². The fraction of sp³-hybridized carbons (Fsp3) is 0.636. The molecule has 1 unspecified atom stereocenters. The minimum atomic E-state index is -4.08. The lowest BCUT2D eigenvalue weighted by molar-refractivity contribution is -0.136. The zero-order valence-electron chi connectivity index (χ0n) is 9.61. The van der Waals surface area contributed by atoms with Crippen molar-refractivity contribution in [1.29, 1.82) is 0 Å². The average molecular weight is 251 g/mol. The molecule has 1 atom stereocenters. The van der Waals surface area contributed by atoms with Crippen LogP contribution in [0.1, 0.15) is 34.2 Å². The second-order valence-corrected chi connectivity index (χ2v) is 5.32. The molecule has 0 aliphatic heterocycles. The van der Waals surface area contributed by atoms with Gasteiger partial charge >= 0.3 is 6.18 Å². The van der Waals surface area contributed by atoms with Gasteiger partial charge in [-0.25, -0.2) is 0 Å². The molecule has 0 radical (unpaired) electrons. The average Bonchev–Trinajstić information content (AvgIpc) is 2.45. The summed E-state index contributed by atoms with van der Waals surface area (Å²) in [5, 5.41) is 2.95. The molecular formula is C11H16F3NS. The number of hydrogen-bond donors (Lipinski definition) is 1. The molecule has 16 heavy (non-hydrogen) atoms. The van der Waals surface area contributed by atoms with E-state index < -0.39 is 12.6 Å². The minimum absolute atomic E-state index is 0.0943. The molecule has 1 aromatic heterocycles. The summed E-state index contributed by atoms with van der Waals surface area (Å²) in [4.78, 5) is 2.23. The van der Waals surface area contributed by atoms with Crippen LogP contribution in [0.5, 0.6) is 0 Å². The van der Waals surface area contributed by atoms with Crippen LogP contribution in [0, 0.1) is 13.8 Å². The molecule has 5 heteroatoms. The summed E-state index contributed by atoms with van der Waals surface area (Å²) in [7, 11) is 1.70. The lowest BCUT2D eigenvalue weighted by Crippen LogP contribution is -2.19. The van der Waals surface area contributed by atoms with Gasteiger partial charge in [-0.3, -0.25) is 0 Å². The van der Waals surface area contributed by atoms with Gasteiger partial charge in [-0.15, -0.1) is 11.3 Å². The van der Waals surface area contributed by atoms with E-state index in [-0.39, 0.29) is 12.5 Å². The Balaban J connectivity index is 2.71. The van der Waals surface area contributed by atoms with Crippen molar-refractivity contribution in [3.63, 3.8) is 0 Å². The molecule has 1 aromatic rings. The Kier molecular flexibility index (Phi) is 4.38. The summed E-state index contributed by atoms with van der Waals surface area (Å²) in [6.07, 6.45) is -4.72. The Morgan fingerprint density at radius 3 is 2.38 bits per heavy atom. The monoisotopic (exact) mass is 251 g/mol. The first-order valence-electron chi connectivity index (χ1n) is 5.14. The van der Waals surface area contributed by atoms with E-state index in [1.807, 2.05) is 19.9 Å². The quantitative estimate of drug-likeness (QED) is 0.853. The highest BCUT2D eigenvalue weighted by molar-refractivity contribution is 7.12. The fourth-order valence-corrected chi connectivity index (χ4v) is 2.75. The van der Waals surface area contributed by atoms with Gasteiger partial charge in [0, 0.05) is 22.2 Å². The molecule has 0 amide bonds. The van der Waals surface area contributed by atoms with E-state index in [9.17, 15) is 13.2 Å². The number of nitrogens with one attached hydrogen (secondary N) is 1.